The maximum atomic E-state index is 12.7. The van der Waals surface area contributed by atoms with Gasteiger partial charge in [0.05, 0.1) is 6.54 Å². The van der Waals surface area contributed by atoms with E-state index in [2.05, 4.69) is 4.90 Å². The molecule has 0 aliphatic heterocycles. The van der Waals surface area contributed by atoms with Crippen molar-refractivity contribution in [2.75, 3.05) is 6.54 Å². The first-order valence-electron chi connectivity index (χ1n) is 9.47. The van der Waals surface area contributed by atoms with Gasteiger partial charge >= 0.3 is 0 Å². The van der Waals surface area contributed by atoms with Crippen molar-refractivity contribution in [2.45, 2.75) is 26.9 Å². The molecule has 3 rings (SSSR count). The number of hydrogen-bond acceptors (Lipinski definition) is 4. The van der Waals surface area contributed by atoms with Crippen molar-refractivity contribution >= 4 is 5.78 Å². The minimum absolute atomic E-state index is 0.104. The van der Waals surface area contributed by atoms with Gasteiger partial charge < -0.3 is 10.2 Å². The van der Waals surface area contributed by atoms with Crippen molar-refractivity contribution < 1.29 is 15.0 Å². The van der Waals surface area contributed by atoms with E-state index in [0.29, 0.717) is 18.7 Å². The molecule has 0 fully saturated rings. The van der Waals surface area contributed by atoms with Crippen LogP contribution in [0.3, 0.4) is 0 Å². The van der Waals surface area contributed by atoms with Crippen molar-refractivity contribution in [2.24, 2.45) is 0 Å². The van der Waals surface area contributed by atoms with Gasteiger partial charge in [0.1, 0.15) is 0 Å². The van der Waals surface area contributed by atoms with Gasteiger partial charge in [0, 0.05) is 18.7 Å². The molecule has 0 bridgehead atoms. The SMILES string of the molecule is CC.O=C(CN(Cc1ccccc1)Cc1ccccc1)c1ccc(O)c(O)c1. The summed E-state index contributed by atoms with van der Waals surface area (Å²) in [7, 11) is 0. The zero-order valence-electron chi connectivity index (χ0n) is 16.4. The molecule has 28 heavy (non-hydrogen) atoms. The molecule has 0 heterocycles. The first kappa shape index (κ1) is 21.2. The highest BCUT2D eigenvalue weighted by atomic mass is 16.3. The topological polar surface area (TPSA) is 60.8 Å². The first-order valence-corrected chi connectivity index (χ1v) is 9.47. The quantitative estimate of drug-likeness (QED) is 0.449. The molecule has 4 heteroatoms. The number of aromatic hydroxyl groups is 2. The molecule has 3 aromatic rings. The van der Waals surface area contributed by atoms with Crippen LogP contribution in [-0.4, -0.2) is 27.4 Å². The van der Waals surface area contributed by atoms with E-state index in [0.717, 1.165) is 11.1 Å². The zero-order chi connectivity index (χ0) is 20.4. The van der Waals surface area contributed by atoms with Crippen LogP contribution in [0, 0.1) is 0 Å². The Balaban J connectivity index is 0.00000136. The Kier molecular flexibility index (Phi) is 8.25. The van der Waals surface area contributed by atoms with E-state index < -0.39 is 0 Å². The summed E-state index contributed by atoms with van der Waals surface area (Å²) < 4.78 is 0. The summed E-state index contributed by atoms with van der Waals surface area (Å²) >= 11 is 0. The summed E-state index contributed by atoms with van der Waals surface area (Å²) in [4.78, 5) is 14.7. The zero-order valence-corrected chi connectivity index (χ0v) is 16.4. The Morgan fingerprint density at radius 3 is 1.71 bits per heavy atom. The molecular formula is C24H27NO3. The van der Waals surface area contributed by atoms with E-state index >= 15 is 0 Å². The molecular weight excluding hydrogens is 350 g/mol. The van der Waals surface area contributed by atoms with Gasteiger partial charge in [0.15, 0.2) is 17.3 Å². The van der Waals surface area contributed by atoms with Gasteiger partial charge in [0.2, 0.25) is 0 Å². The van der Waals surface area contributed by atoms with E-state index in [1.165, 1.54) is 18.2 Å². The average Bonchev–Trinajstić information content (AvgIpc) is 2.73. The Hall–Kier alpha value is -3.11. The molecule has 2 N–H and O–H groups in total. The number of carbonyl (C=O) groups is 1. The third kappa shape index (κ3) is 6.25. The van der Waals surface area contributed by atoms with E-state index in [4.69, 9.17) is 0 Å². The summed E-state index contributed by atoms with van der Waals surface area (Å²) in [5.41, 5.74) is 2.64. The molecule has 0 aromatic heterocycles. The predicted molar refractivity (Wildman–Crippen MR) is 112 cm³/mol. The highest BCUT2D eigenvalue weighted by Crippen LogP contribution is 2.25. The molecule has 3 aromatic carbocycles. The summed E-state index contributed by atoms with van der Waals surface area (Å²) in [5.74, 6) is -0.618. The van der Waals surface area contributed by atoms with Gasteiger partial charge in [-0.25, -0.2) is 0 Å². The number of nitrogens with zero attached hydrogens (tertiary/aromatic N) is 1. The molecule has 4 nitrogen and oxygen atoms in total. The first-order chi connectivity index (χ1) is 13.6. The third-order valence-electron chi connectivity index (χ3n) is 4.16. The van der Waals surface area contributed by atoms with Crippen molar-refractivity contribution in [3.63, 3.8) is 0 Å². The molecule has 0 aliphatic carbocycles. The van der Waals surface area contributed by atoms with Crippen molar-refractivity contribution in [1.29, 1.82) is 0 Å². The number of hydrogen-bond donors (Lipinski definition) is 2. The highest BCUT2D eigenvalue weighted by Gasteiger charge is 2.15. The Bertz CT molecular complexity index is 822. The lowest BCUT2D eigenvalue weighted by Crippen LogP contribution is -2.29. The maximum absolute atomic E-state index is 12.7. The number of phenolic OH excluding ortho intramolecular Hbond substituents is 2. The second kappa shape index (κ2) is 10.9. The summed E-state index contributed by atoms with van der Waals surface area (Å²) in [6, 6.07) is 24.2. The van der Waals surface area contributed by atoms with Gasteiger partial charge in [-0.1, -0.05) is 74.5 Å². The van der Waals surface area contributed by atoms with Crippen LogP contribution in [0.25, 0.3) is 0 Å². The molecule has 146 valence electrons. The van der Waals surface area contributed by atoms with Gasteiger partial charge in [0.25, 0.3) is 0 Å². The number of benzene rings is 3. The van der Waals surface area contributed by atoms with Crippen LogP contribution in [0.1, 0.15) is 35.3 Å². The monoisotopic (exact) mass is 377 g/mol. The van der Waals surface area contributed by atoms with Crippen molar-refractivity contribution in [3.8, 4) is 11.5 Å². The number of Topliss-reactive ketones (excluding diaryl/α,β-unsaturated/α-hetero) is 1. The van der Waals surface area contributed by atoms with E-state index in [-0.39, 0.29) is 23.8 Å². The van der Waals surface area contributed by atoms with Crippen LogP contribution in [0.4, 0.5) is 0 Å². The van der Waals surface area contributed by atoms with E-state index in [1.807, 2.05) is 74.5 Å². The standard InChI is InChI=1S/C22H21NO3.C2H6/c24-20-12-11-19(13-21(20)25)22(26)16-23(14-17-7-3-1-4-8-17)15-18-9-5-2-6-10-18;1-2/h1-13,24-25H,14-16H2;1-2H3. The average molecular weight is 377 g/mol. The van der Waals surface area contributed by atoms with Crippen LogP contribution in [-0.2, 0) is 13.1 Å². The lowest BCUT2D eigenvalue weighted by atomic mass is 10.1. The van der Waals surface area contributed by atoms with Gasteiger partial charge in [-0.2, -0.15) is 0 Å². The molecule has 0 unspecified atom stereocenters. The molecule has 0 amide bonds. The van der Waals surface area contributed by atoms with E-state index in [9.17, 15) is 15.0 Å². The van der Waals surface area contributed by atoms with Gasteiger partial charge in [-0.05, 0) is 29.3 Å². The van der Waals surface area contributed by atoms with Crippen molar-refractivity contribution in [1.82, 2.24) is 4.90 Å². The van der Waals surface area contributed by atoms with Crippen LogP contribution in [0.5, 0.6) is 11.5 Å². The lowest BCUT2D eigenvalue weighted by molar-refractivity contribution is 0.0920. The fourth-order valence-corrected chi connectivity index (χ4v) is 2.84. The lowest BCUT2D eigenvalue weighted by Gasteiger charge is -2.22. The summed E-state index contributed by atoms with van der Waals surface area (Å²) in [6.45, 7) is 5.51. The number of carbonyl (C=O) groups excluding carboxylic acids is 1. The minimum atomic E-state index is -0.284. The van der Waals surface area contributed by atoms with Crippen LogP contribution < -0.4 is 0 Å². The number of phenols is 2. The fraction of sp³-hybridized carbons (Fsp3) is 0.208. The second-order valence-corrected chi connectivity index (χ2v) is 6.24. The fourth-order valence-electron chi connectivity index (χ4n) is 2.84. The molecule has 0 aliphatic rings. The molecule has 0 atom stereocenters. The number of ketones is 1. The smallest absolute Gasteiger partial charge is 0.176 e. The Morgan fingerprint density at radius 1 is 0.750 bits per heavy atom. The minimum Gasteiger partial charge on any atom is -0.504 e. The second-order valence-electron chi connectivity index (χ2n) is 6.24. The largest absolute Gasteiger partial charge is 0.504 e. The summed E-state index contributed by atoms with van der Waals surface area (Å²) in [6.07, 6.45) is 0. The van der Waals surface area contributed by atoms with Crippen LogP contribution in [0.2, 0.25) is 0 Å². The Labute approximate surface area is 166 Å². The van der Waals surface area contributed by atoms with Crippen molar-refractivity contribution in [3.05, 3.63) is 95.6 Å². The van der Waals surface area contributed by atoms with Crippen LogP contribution in [0.15, 0.2) is 78.9 Å². The number of rotatable bonds is 7. The highest BCUT2D eigenvalue weighted by molar-refractivity contribution is 5.98. The normalized spacial score (nSPS) is 10.2. The molecule has 0 spiro atoms. The Morgan fingerprint density at radius 2 is 1.25 bits per heavy atom. The third-order valence-corrected chi connectivity index (χ3v) is 4.16. The van der Waals surface area contributed by atoms with E-state index in [1.54, 1.807) is 0 Å². The van der Waals surface area contributed by atoms with Gasteiger partial charge in [-0.3, -0.25) is 9.69 Å². The predicted octanol–water partition coefficient (Wildman–Crippen LogP) is 5.01. The van der Waals surface area contributed by atoms with Gasteiger partial charge in [-0.15, -0.1) is 0 Å². The van der Waals surface area contributed by atoms with Crippen LogP contribution >= 0.6 is 0 Å². The molecule has 0 saturated carbocycles. The summed E-state index contributed by atoms with van der Waals surface area (Å²) in [5, 5.41) is 19.1. The maximum Gasteiger partial charge on any atom is 0.176 e. The molecule has 0 saturated heterocycles. The molecule has 0 radical (unpaired) electrons.